The highest BCUT2D eigenvalue weighted by Crippen LogP contribution is 2.59. The molecule has 0 aliphatic heterocycles. The quantitative estimate of drug-likeness (QED) is 0.353. The number of nitrogens with zero attached hydrogens (tertiary/aromatic N) is 2. The molecule has 122 valence electrons. The maximum absolute atomic E-state index is 13.1. The summed E-state index contributed by atoms with van der Waals surface area (Å²) >= 11 is 0. The van der Waals surface area contributed by atoms with E-state index in [0.29, 0.717) is 6.07 Å². The van der Waals surface area contributed by atoms with E-state index in [2.05, 4.69) is 9.32 Å². The zero-order valence-corrected chi connectivity index (χ0v) is 12.2. The van der Waals surface area contributed by atoms with Gasteiger partial charge in [0.05, 0.1) is 17.1 Å². The lowest BCUT2D eigenvalue weighted by Crippen LogP contribution is -2.17. The number of ether oxygens (including phenoxy) is 1. The first-order valence-electron chi connectivity index (χ1n) is 5.73. The van der Waals surface area contributed by atoms with E-state index in [4.69, 9.17) is 0 Å². The van der Waals surface area contributed by atoms with Gasteiger partial charge < -0.3 is 4.74 Å². The molecule has 11 heteroatoms. The second-order valence-electron chi connectivity index (χ2n) is 4.07. The van der Waals surface area contributed by atoms with E-state index < -0.39 is 42.8 Å². The Labute approximate surface area is 124 Å². The summed E-state index contributed by atoms with van der Waals surface area (Å²) in [7, 11) is -3.49. The van der Waals surface area contributed by atoms with Crippen molar-refractivity contribution in [2.45, 2.75) is 18.0 Å². The van der Waals surface area contributed by atoms with Crippen LogP contribution in [-0.2, 0) is 10.9 Å². The Morgan fingerprint density at radius 3 is 2.45 bits per heavy atom. The van der Waals surface area contributed by atoms with E-state index in [-0.39, 0.29) is 12.7 Å². The zero-order valence-electron chi connectivity index (χ0n) is 11.4. The fourth-order valence-electron chi connectivity index (χ4n) is 1.59. The number of carbonyl (C=O) groups excluding carboxylic acids is 1. The predicted molar refractivity (Wildman–Crippen MR) is 72.7 cm³/mol. The minimum atomic E-state index is -4.99. The maximum Gasteiger partial charge on any atom is 0.417 e. The van der Waals surface area contributed by atoms with Gasteiger partial charge in [0.15, 0.2) is 0 Å². The summed E-state index contributed by atoms with van der Waals surface area (Å²) in [5.74, 6) is 0. The number of nitro benzene ring substituents is 1. The van der Waals surface area contributed by atoms with Gasteiger partial charge in [-0.05, 0) is 17.6 Å². The van der Waals surface area contributed by atoms with Crippen LogP contribution in [0.15, 0.2) is 27.7 Å². The molecule has 0 fully saturated rings. The van der Waals surface area contributed by atoms with Crippen LogP contribution in [0.5, 0.6) is 0 Å². The average Bonchev–Trinajstić information content (AvgIpc) is 2.45. The van der Waals surface area contributed by atoms with E-state index in [1.165, 1.54) is 6.92 Å². The van der Waals surface area contributed by atoms with Crippen molar-refractivity contribution in [1.82, 2.24) is 0 Å². The van der Waals surface area contributed by atoms with Crippen LogP contribution < -0.4 is 0 Å². The van der Waals surface area contributed by atoms with Gasteiger partial charge in [0.25, 0.3) is 5.69 Å². The molecule has 0 spiro atoms. The Kier molecular flexibility index (Phi) is 5.12. The van der Waals surface area contributed by atoms with Crippen LogP contribution in [-0.4, -0.2) is 23.1 Å². The van der Waals surface area contributed by atoms with Crippen molar-refractivity contribution in [1.29, 1.82) is 0 Å². The summed E-state index contributed by atoms with van der Waals surface area (Å²) in [4.78, 5) is 31.7. The molecule has 1 unspecified atom stereocenters. The Hall–Kier alpha value is -2.17. The van der Waals surface area contributed by atoms with Crippen molar-refractivity contribution in [3.05, 3.63) is 38.8 Å². The summed E-state index contributed by atoms with van der Waals surface area (Å²) < 4.78 is 46.5. The third-order valence-electron chi connectivity index (χ3n) is 2.64. The molecule has 0 N–H and O–H groups in total. The summed E-state index contributed by atoms with van der Waals surface area (Å²) in [6.45, 7) is 1.27. The van der Waals surface area contributed by atoms with E-state index >= 15 is 0 Å². The molecule has 0 saturated heterocycles. The average molecular weight is 340 g/mol. The molecule has 0 radical (unpaired) electrons. The van der Waals surface area contributed by atoms with Gasteiger partial charge in [-0.2, -0.15) is 13.2 Å². The SMILES string of the molecule is CCOC(=O)S(C)(N=O)c1ccc([N+](=O)[O-])cc1C(F)(F)F. The number of alkyl halides is 3. The van der Waals surface area contributed by atoms with Crippen LogP contribution in [0.1, 0.15) is 12.5 Å². The number of benzene rings is 1. The third-order valence-corrected chi connectivity index (χ3v) is 4.92. The second kappa shape index (κ2) is 6.30. The van der Waals surface area contributed by atoms with Crippen molar-refractivity contribution >= 4 is 21.2 Å². The molecule has 0 heterocycles. The highest BCUT2D eigenvalue weighted by molar-refractivity contribution is 8.43. The molecule has 0 aromatic heterocycles. The zero-order chi connectivity index (χ0) is 17.1. The first-order valence-corrected chi connectivity index (χ1v) is 7.73. The lowest BCUT2D eigenvalue weighted by Gasteiger charge is -2.27. The van der Waals surface area contributed by atoms with Crippen LogP contribution in [0.25, 0.3) is 0 Å². The molecule has 1 rings (SSSR count). The molecule has 7 nitrogen and oxygen atoms in total. The van der Waals surface area contributed by atoms with Crippen LogP contribution in [0.2, 0.25) is 0 Å². The smallest absolute Gasteiger partial charge is 0.417 e. The van der Waals surface area contributed by atoms with Gasteiger partial charge in [-0.15, -0.1) is 4.91 Å². The Bertz CT molecular complexity index is 622. The highest BCUT2D eigenvalue weighted by Gasteiger charge is 2.43. The summed E-state index contributed by atoms with van der Waals surface area (Å²) in [6.07, 6.45) is -4.05. The van der Waals surface area contributed by atoms with Gasteiger partial charge in [0.1, 0.15) is 0 Å². The van der Waals surface area contributed by atoms with Crippen molar-refractivity contribution < 1.29 is 27.6 Å². The monoisotopic (exact) mass is 340 g/mol. The molecule has 1 aromatic carbocycles. The van der Waals surface area contributed by atoms with Crippen molar-refractivity contribution in [2.24, 2.45) is 4.58 Å². The van der Waals surface area contributed by atoms with Gasteiger partial charge in [-0.3, -0.25) is 10.1 Å². The first-order chi connectivity index (χ1) is 10.1. The number of non-ortho nitro benzene ring substituents is 1. The third kappa shape index (κ3) is 3.35. The normalized spacial score (nSPS) is 15.5. The number of hydrogen-bond donors (Lipinski definition) is 0. The van der Waals surface area contributed by atoms with Gasteiger partial charge >= 0.3 is 11.5 Å². The van der Waals surface area contributed by atoms with E-state index in [1.54, 1.807) is 0 Å². The largest absolute Gasteiger partial charge is 0.457 e. The van der Waals surface area contributed by atoms with Crippen LogP contribution in [0, 0.1) is 15.0 Å². The molecule has 1 atom stereocenters. The summed E-state index contributed by atoms with van der Waals surface area (Å²) in [5.41, 5.74) is -2.26. The minimum Gasteiger partial charge on any atom is -0.457 e. The number of carbonyl (C=O) groups is 1. The number of rotatable bonds is 4. The fourth-order valence-corrected chi connectivity index (χ4v) is 3.20. The Balaban J connectivity index is 3.60. The lowest BCUT2D eigenvalue weighted by molar-refractivity contribution is -0.385. The van der Waals surface area contributed by atoms with E-state index in [9.17, 15) is 33.0 Å². The molecular weight excluding hydrogens is 329 g/mol. The van der Waals surface area contributed by atoms with Gasteiger partial charge in [-0.25, -0.2) is 4.79 Å². The van der Waals surface area contributed by atoms with E-state index in [1.807, 2.05) is 0 Å². The maximum atomic E-state index is 13.1. The van der Waals surface area contributed by atoms with Crippen LogP contribution >= 0.6 is 10.2 Å². The topological polar surface area (TPSA) is 98.9 Å². The molecule has 1 aromatic rings. The number of nitroso groups, excluding NO2 is 1. The van der Waals surface area contributed by atoms with Gasteiger partial charge in [0.2, 0.25) is 0 Å². The number of halogens is 3. The number of nitro groups is 1. The summed E-state index contributed by atoms with van der Waals surface area (Å²) in [6, 6.07) is 1.76. The standard InChI is InChI=1S/C11H11F3N2O5S/c1-3-21-10(17)22(2,15-18)9-5-4-7(16(19)20)6-8(9)11(12,13)14/h4-6H,3H2,1-2H3. The van der Waals surface area contributed by atoms with Crippen molar-refractivity contribution in [3.8, 4) is 0 Å². The minimum absolute atomic E-state index is 0.148. The van der Waals surface area contributed by atoms with Crippen LogP contribution in [0.3, 0.4) is 0 Å². The molecule has 0 aliphatic carbocycles. The molecule has 0 amide bonds. The molecular formula is C11H11F3N2O5S. The van der Waals surface area contributed by atoms with E-state index in [0.717, 1.165) is 12.3 Å². The molecule has 0 bridgehead atoms. The molecule has 0 aliphatic rings. The highest BCUT2D eigenvalue weighted by atomic mass is 32.3. The summed E-state index contributed by atoms with van der Waals surface area (Å²) in [5, 5.41) is 9.42. The van der Waals surface area contributed by atoms with Crippen molar-refractivity contribution in [3.63, 3.8) is 0 Å². The predicted octanol–water partition coefficient (Wildman–Crippen LogP) is 4.24. The van der Waals surface area contributed by atoms with Crippen molar-refractivity contribution in [2.75, 3.05) is 12.9 Å². The van der Waals surface area contributed by atoms with Crippen LogP contribution in [0.4, 0.5) is 23.7 Å². The van der Waals surface area contributed by atoms with Gasteiger partial charge in [-0.1, -0.05) is 0 Å². The first kappa shape index (κ1) is 17.9. The lowest BCUT2D eigenvalue weighted by atomic mass is 10.2. The number of hydrogen-bond acceptors (Lipinski definition) is 6. The second-order valence-corrected chi connectivity index (χ2v) is 6.74. The Morgan fingerprint density at radius 1 is 1.45 bits per heavy atom. The molecule has 22 heavy (non-hydrogen) atoms. The molecule has 0 saturated carbocycles. The fraction of sp³-hybridized carbons (Fsp3) is 0.364. The van der Waals surface area contributed by atoms with Gasteiger partial charge in [0, 0.05) is 33.5 Å². The Morgan fingerprint density at radius 2 is 2.05 bits per heavy atom.